The predicted octanol–water partition coefficient (Wildman–Crippen LogP) is 4.00. The highest BCUT2D eigenvalue weighted by atomic mass is 16.1. The molecule has 0 radical (unpaired) electrons. The third-order valence-corrected chi connectivity index (χ3v) is 7.34. The molecule has 1 saturated heterocycles. The predicted molar refractivity (Wildman–Crippen MR) is 136 cm³/mol. The van der Waals surface area contributed by atoms with Gasteiger partial charge in [0.25, 0.3) is 0 Å². The fraction of sp³-hybridized carbons (Fsp3) is 0.444. The number of fused-ring (bicyclic) bond motifs is 1. The normalized spacial score (nSPS) is 20.4. The fourth-order valence-corrected chi connectivity index (χ4v) is 5.07. The zero-order valence-corrected chi connectivity index (χ0v) is 20.2. The number of nitrogens with one attached hydrogen (secondary N) is 1. The van der Waals surface area contributed by atoms with Crippen LogP contribution < -0.4 is 15.1 Å². The molecule has 0 unspecified atom stereocenters. The van der Waals surface area contributed by atoms with Crippen molar-refractivity contribution in [3.63, 3.8) is 0 Å². The van der Waals surface area contributed by atoms with Gasteiger partial charge in [-0.3, -0.25) is 4.79 Å². The summed E-state index contributed by atoms with van der Waals surface area (Å²) >= 11 is 0. The van der Waals surface area contributed by atoms with Crippen LogP contribution in [-0.4, -0.2) is 54.6 Å². The molecule has 1 aliphatic heterocycles. The molecule has 7 nitrogen and oxygen atoms in total. The second kappa shape index (κ2) is 9.11. The molecule has 3 aromatic rings. The third kappa shape index (κ3) is 4.03. The van der Waals surface area contributed by atoms with Crippen molar-refractivity contribution in [3.8, 4) is 6.07 Å². The lowest BCUT2D eigenvalue weighted by Gasteiger charge is -2.37. The van der Waals surface area contributed by atoms with Gasteiger partial charge in [0.2, 0.25) is 0 Å². The summed E-state index contributed by atoms with van der Waals surface area (Å²) < 4.78 is 2.21. The largest absolute Gasteiger partial charge is 0.368 e. The lowest BCUT2D eigenvalue weighted by molar-refractivity contribution is 0.0939. The van der Waals surface area contributed by atoms with Gasteiger partial charge in [0.15, 0.2) is 5.78 Å². The van der Waals surface area contributed by atoms with Gasteiger partial charge in [-0.05, 0) is 56.3 Å². The highest BCUT2D eigenvalue weighted by molar-refractivity contribution is 5.97. The number of pyridine rings is 1. The number of anilines is 2. The molecule has 1 aliphatic carbocycles. The van der Waals surface area contributed by atoms with Gasteiger partial charge in [-0.25, -0.2) is 4.98 Å². The van der Waals surface area contributed by atoms with Gasteiger partial charge >= 0.3 is 0 Å². The molecule has 0 spiro atoms. The Hall–Kier alpha value is -3.37. The average Bonchev–Trinajstić information content (AvgIpc) is 3.21. The van der Waals surface area contributed by atoms with Crippen molar-refractivity contribution in [3.05, 3.63) is 53.7 Å². The van der Waals surface area contributed by atoms with Crippen LogP contribution in [-0.2, 0) is 0 Å². The summed E-state index contributed by atoms with van der Waals surface area (Å²) in [5, 5.41) is 13.9. The number of piperazine rings is 1. The van der Waals surface area contributed by atoms with Crippen LogP contribution in [0.3, 0.4) is 0 Å². The maximum atomic E-state index is 12.2. The highest BCUT2D eigenvalue weighted by Gasteiger charge is 2.31. The summed E-state index contributed by atoms with van der Waals surface area (Å²) in [5.74, 6) is 1.17. The molecule has 1 saturated carbocycles. The second-order valence-electron chi connectivity index (χ2n) is 9.75. The molecule has 1 N–H and O–H groups in total. The molecule has 7 heteroatoms. The van der Waals surface area contributed by atoms with E-state index < -0.39 is 0 Å². The Kier molecular flexibility index (Phi) is 6.01. The molecule has 176 valence electrons. The number of ketones is 1. The van der Waals surface area contributed by atoms with Crippen molar-refractivity contribution < 1.29 is 4.79 Å². The highest BCUT2D eigenvalue weighted by Crippen LogP contribution is 2.36. The van der Waals surface area contributed by atoms with Crippen molar-refractivity contribution >= 4 is 28.3 Å². The molecule has 0 atom stereocenters. The lowest BCUT2D eigenvalue weighted by atomic mass is 9.87. The van der Waals surface area contributed by atoms with E-state index in [1.807, 2.05) is 45.3 Å². The number of rotatable bonds is 6. The van der Waals surface area contributed by atoms with Gasteiger partial charge in [0.1, 0.15) is 17.5 Å². The monoisotopic (exact) mass is 456 g/mol. The maximum Gasteiger partial charge on any atom is 0.165 e. The standard InChI is InChI=1S/C27H32N6O/c1-18(2)26(34)19-4-6-22(7-5-19)31-10-12-32(13-11-31)25-9-8-24-20(16-28)17-33(27(24)30-25)23-14-21(15-23)29-3/h4-9,17-18,21,23,29H,10-15H2,1-3H3/t21-,23-. The minimum Gasteiger partial charge on any atom is -0.368 e. The second-order valence-corrected chi connectivity index (χ2v) is 9.75. The van der Waals surface area contributed by atoms with E-state index in [0.717, 1.165) is 67.1 Å². The molecule has 2 aromatic heterocycles. The molecule has 0 bridgehead atoms. The number of carbonyl (C=O) groups is 1. The Balaban J connectivity index is 1.30. The average molecular weight is 457 g/mol. The van der Waals surface area contributed by atoms with E-state index in [2.05, 4.69) is 44.0 Å². The number of nitrogens with zero attached hydrogens (tertiary/aromatic N) is 5. The maximum absolute atomic E-state index is 12.2. The van der Waals surface area contributed by atoms with Crippen LogP contribution in [0, 0.1) is 17.2 Å². The van der Waals surface area contributed by atoms with E-state index in [0.29, 0.717) is 17.6 Å². The SMILES string of the molecule is CN[C@H]1C[C@H](n2cc(C#N)c3ccc(N4CCN(c5ccc(C(=O)C(C)C)cc5)CC4)nc32)C1. The van der Waals surface area contributed by atoms with Crippen molar-refractivity contribution in [1.82, 2.24) is 14.9 Å². The topological polar surface area (TPSA) is 77.2 Å². The van der Waals surface area contributed by atoms with Gasteiger partial charge in [-0.15, -0.1) is 0 Å². The third-order valence-electron chi connectivity index (χ3n) is 7.34. The molecule has 5 rings (SSSR count). The molecule has 0 amide bonds. The molecular weight excluding hydrogens is 424 g/mol. The van der Waals surface area contributed by atoms with E-state index in [1.54, 1.807) is 0 Å². The van der Waals surface area contributed by atoms with Gasteiger partial charge in [0.05, 0.1) is 5.56 Å². The first kappa shape index (κ1) is 22.4. The van der Waals surface area contributed by atoms with Crippen LogP contribution in [0.4, 0.5) is 11.5 Å². The van der Waals surface area contributed by atoms with Gasteiger partial charge in [0, 0.05) is 67.0 Å². The van der Waals surface area contributed by atoms with E-state index in [-0.39, 0.29) is 11.7 Å². The van der Waals surface area contributed by atoms with E-state index >= 15 is 0 Å². The van der Waals surface area contributed by atoms with Gasteiger partial charge < -0.3 is 19.7 Å². The minimum absolute atomic E-state index is 0.0126. The van der Waals surface area contributed by atoms with E-state index in [9.17, 15) is 10.1 Å². The first-order valence-corrected chi connectivity index (χ1v) is 12.2. The Morgan fingerprint density at radius 3 is 2.35 bits per heavy atom. The smallest absolute Gasteiger partial charge is 0.165 e. The Labute approximate surface area is 201 Å². The van der Waals surface area contributed by atoms with Crippen LogP contribution in [0.1, 0.15) is 48.7 Å². The Morgan fingerprint density at radius 1 is 1.06 bits per heavy atom. The van der Waals surface area contributed by atoms with Crippen molar-refractivity contribution in [2.45, 2.75) is 38.8 Å². The Morgan fingerprint density at radius 2 is 1.74 bits per heavy atom. The molecular formula is C27H32N6O. The number of benzene rings is 1. The minimum atomic E-state index is 0.0126. The summed E-state index contributed by atoms with van der Waals surface area (Å²) in [6, 6.07) is 15.4. The van der Waals surface area contributed by atoms with Gasteiger partial charge in [-0.2, -0.15) is 5.26 Å². The van der Waals surface area contributed by atoms with Crippen LogP contribution in [0.15, 0.2) is 42.6 Å². The zero-order chi connectivity index (χ0) is 23.8. The number of Topliss-reactive ketones (excluding diaryl/α,β-unsaturated/α-hetero) is 1. The van der Waals surface area contributed by atoms with Crippen molar-refractivity contribution in [1.29, 1.82) is 5.26 Å². The van der Waals surface area contributed by atoms with Crippen LogP contribution in [0.25, 0.3) is 11.0 Å². The molecule has 1 aromatic carbocycles. The number of hydrogen-bond acceptors (Lipinski definition) is 6. The number of carbonyl (C=O) groups excluding carboxylic acids is 1. The lowest BCUT2D eigenvalue weighted by Crippen LogP contribution is -2.46. The molecule has 3 heterocycles. The van der Waals surface area contributed by atoms with Crippen LogP contribution >= 0.6 is 0 Å². The summed E-state index contributed by atoms with van der Waals surface area (Å²) in [6.45, 7) is 7.42. The molecule has 2 fully saturated rings. The summed E-state index contributed by atoms with van der Waals surface area (Å²) in [4.78, 5) is 21.9. The van der Waals surface area contributed by atoms with Crippen LogP contribution in [0.5, 0.6) is 0 Å². The van der Waals surface area contributed by atoms with Gasteiger partial charge in [-0.1, -0.05) is 13.8 Å². The number of aromatic nitrogens is 2. The first-order valence-electron chi connectivity index (χ1n) is 12.2. The Bertz CT molecular complexity index is 1220. The van der Waals surface area contributed by atoms with E-state index in [1.165, 1.54) is 0 Å². The van der Waals surface area contributed by atoms with Crippen molar-refractivity contribution in [2.24, 2.45) is 5.92 Å². The van der Waals surface area contributed by atoms with Crippen molar-refractivity contribution in [2.75, 3.05) is 43.0 Å². The van der Waals surface area contributed by atoms with E-state index in [4.69, 9.17) is 4.98 Å². The first-order chi connectivity index (χ1) is 16.5. The van der Waals surface area contributed by atoms with Crippen LogP contribution in [0.2, 0.25) is 0 Å². The number of hydrogen-bond donors (Lipinski definition) is 1. The fourth-order valence-electron chi connectivity index (χ4n) is 5.07. The summed E-state index contributed by atoms with van der Waals surface area (Å²) in [6.07, 6.45) is 4.11. The molecule has 34 heavy (non-hydrogen) atoms. The number of nitriles is 1. The summed E-state index contributed by atoms with van der Waals surface area (Å²) in [7, 11) is 2.00. The zero-order valence-electron chi connectivity index (χ0n) is 20.2. The molecule has 2 aliphatic rings. The quantitative estimate of drug-likeness (QED) is 0.565. The summed E-state index contributed by atoms with van der Waals surface area (Å²) in [5.41, 5.74) is 3.55.